The van der Waals surface area contributed by atoms with Crippen molar-refractivity contribution >= 4 is 5.91 Å². The van der Waals surface area contributed by atoms with Crippen LogP contribution in [-0.2, 0) is 17.6 Å². The minimum absolute atomic E-state index is 0.100. The van der Waals surface area contributed by atoms with E-state index in [1.165, 1.54) is 12.1 Å². The molecule has 22 heavy (non-hydrogen) atoms. The van der Waals surface area contributed by atoms with Crippen molar-refractivity contribution < 1.29 is 14.3 Å². The second-order valence-corrected chi connectivity index (χ2v) is 5.26. The van der Waals surface area contributed by atoms with E-state index in [0.29, 0.717) is 19.3 Å². The van der Waals surface area contributed by atoms with Crippen LogP contribution >= 0.6 is 0 Å². The Balaban J connectivity index is 1.80. The van der Waals surface area contributed by atoms with Crippen LogP contribution in [0.2, 0.25) is 0 Å². The molecule has 0 saturated heterocycles. The summed E-state index contributed by atoms with van der Waals surface area (Å²) >= 11 is 0. The van der Waals surface area contributed by atoms with Crippen molar-refractivity contribution in [2.75, 3.05) is 6.61 Å². The van der Waals surface area contributed by atoms with Crippen LogP contribution in [0.1, 0.15) is 17.5 Å². The Morgan fingerprint density at radius 3 is 2.36 bits per heavy atom. The molecule has 1 amide bonds. The first-order valence-electron chi connectivity index (χ1n) is 7.36. The van der Waals surface area contributed by atoms with Gasteiger partial charge in [-0.05, 0) is 36.1 Å². The van der Waals surface area contributed by atoms with Crippen LogP contribution in [0, 0.1) is 5.82 Å². The number of benzene rings is 2. The highest BCUT2D eigenvalue weighted by molar-refractivity contribution is 5.76. The number of hydrogen-bond donors (Lipinski definition) is 2. The summed E-state index contributed by atoms with van der Waals surface area (Å²) in [5.74, 6) is -0.393. The van der Waals surface area contributed by atoms with Crippen molar-refractivity contribution in [3.8, 4) is 0 Å². The lowest BCUT2D eigenvalue weighted by atomic mass is 10.1. The Kier molecular flexibility index (Phi) is 6.10. The normalized spacial score (nSPS) is 11.9. The molecule has 1 atom stereocenters. The monoisotopic (exact) mass is 301 g/mol. The van der Waals surface area contributed by atoms with Gasteiger partial charge in [-0.3, -0.25) is 4.79 Å². The molecule has 0 spiro atoms. The molecule has 0 aliphatic carbocycles. The number of amides is 1. The Labute approximate surface area is 129 Å². The van der Waals surface area contributed by atoms with Gasteiger partial charge in [0.15, 0.2) is 0 Å². The fraction of sp³-hybridized carbons (Fsp3) is 0.278. The van der Waals surface area contributed by atoms with Gasteiger partial charge in [-0.15, -0.1) is 0 Å². The molecule has 0 fully saturated rings. The van der Waals surface area contributed by atoms with Gasteiger partial charge in [0.05, 0.1) is 12.6 Å². The maximum Gasteiger partial charge on any atom is 0.220 e. The highest BCUT2D eigenvalue weighted by atomic mass is 19.1. The van der Waals surface area contributed by atoms with Gasteiger partial charge in [0.2, 0.25) is 5.91 Å². The summed E-state index contributed by atoms with van der Waals surface area (Å²) in [6, 6.07) is 15.6. The third-order valence-corrected chi connectivity index (χ3v) is 3.46. The Morgan fingerprint density at radius 2 is 1.73 bits per heavy atom. The Hall–Kier alpha value is -2.20. The van der Waals surface area contributed by atoms with Crippen LogP contribution in [0.5, 0.6) is 0 Å². The number of nitrogens with one attached hydrogen (secondary N) is 1. The van der Waals surface area contributed by atoms with Crippen molar-refractivity contribution in [2.24, 2.45) is 0 Å². The number of aliphatic hydroxyl groups is 1. The van der Waals surface area contributed by atoms with Gasteiger partial charge in [-0.1, -0.05) is 42.5 Å². The first-order chi connectivity index (χ1) is 10.7. The molecule has 2 aromatic carbocycles. The molecule has 2 rings (SSSR count). The van der Waals surface area contributed by atoms with Gasteiger partial charge >= 0.3 is 0 Å². The van der Waals surface area contributed by atoms with E-state index in [9.17, 15) is 14.3 Å². The number of halogens is 1. The first-order valence-corrected chi connectivity index (χ1v) is 7.36. The van der Waals surface area contributed by atoms with Gasteiger partial charge in [-0.2, -0.15) is 0 Å². The van der Waals surface area contributed by atoms with E-state index in [1.54, 1.807) is 12.1 Å². The van der Waals surface area contributed by atoms with E-state index in [2.05, 4.69) is 5.32 Å². The molecule has 0 bridgehead atoms. The third kappa shape index (κ3) is 5.30. The molecular weight excluding hydrogens is 281 g/mol. The summed E-state index contributed by atoms with van der Waals surface area (Å²) in [6.07, 6.45) is 1.46. The minimum atomic E-state index is -0.289. The maximum atomic E-state index is 12.8. The molecule has 0 saturated carbocycles. The predicted octanol–water partition coefficient (Wildman–Crippen LogP) is 2.48. The lowest BCUT2D eigenvalue weighted by Crippen LogP contribution is -2.39. The lowest BCUT2D eigenvalue weighted by Gasteiger charge is -2.16. The SMILES string of the molecule is O=C(CCc1ccc(F)cc1)NC(CO)Cc1ccccc1. The quantitative estimate of drug-likeness (QED) is 0.825. The average molecular weight is 301 g/mol. The van der Waals surface area contributed by atoms with E-state index in [4.69, 9.17) is 0 Å². The van der Waals surface area contributed by atoms with E-state index in [-0.39, 0.29) is 24.4 Å². The van der Waals surface area contributed by atoms with E-state index in [1.807, 2.05) is 30.3 Å². The fourth-order valence-corrected chi connectivity index (χ4v) is 2.27. The van der Waals surface area contributed by atoms with Crippen molar-refractivity contribution in [3.63, 3.8) is 0 Å². The van der Waals surface area contributed by atoms with Crippen LogP contribution in [0.25, 0.3) is 0 Å². The number of aryl methyl sites for hydroxylation is 1. The molecule has 1 unspecified atom stereocenters. The summed E-state index contributed by atoms with van der Waals surface area (Å²) in [5, 5.41) is 12.2. The average Bonchev–Trinajstić information content (AvgIpc) is 2.54. The Bertz CT molecular complexity index is 584. The summed E-state index contributed by atoms with van der Waals surface area (Å²) < 4.78 is 12.8. The molecule has 2 N–H and O–H groups in total. The number of carbonyl (C=O) groups is 1. The third-order valence-electron chi connectivity index (χ3n) is 3.46. The summed E-state index contributed by atoms with van der Waals surface area (Å²) in [7, 11) is 0. The largest absolute Gasteiger partial charge is 0.394 e. The molecule has 0 aromatic heterocycles. The molecule has 116 valence electrons. The van der Waals surface area contributed by atoms with Gasteiger partial charge in [0.25, 0.3) is 0 Å². The topological polar surface area (TPSA) is 49.3 Å². The van der Waals surface area contributed by atoms with Crippen LogP contribution in [0.15, 0.2) is 54.6 Å². The van der Waals surface area contributed by atoms with E-state index in [0.717, 1.165) is 11.1 Å². The second-order valence-electron chi connectivity index (χ2n) is 5.26. The van der Waals surface area contributed by atoms with Crippen LogP contribution in [-0.4, -0.2) is 23.7 Å². The molecule has 2 aromatic rings. The molecular formula is C18H20FNO2. The standard InChI is InChI=1S/C18H20FNO2/c19-16-9-6-14(7-10-16)8-11-18(22)20-17(13-21)12-15-4-2-1-3-5-15/h1-7,9-10,17,21H,8,11-13H2,(H,20,22). The van der Waals surface area contributed by atoms with Crippen molar-refractivity contribution in [1.82, 2.24) is 5.32 Å². The highest BCUT2D eigenvalue weighted by Gasteiger charge is 2.12. The number of carbonyl (C=O) groups excluding carboxylic acids is 1. The van der Waals surface area contributed by atoms with Crippen LogP contribution in [0.4, 0.5) is 4.39 Å². The van der Waals surface area contributed by atoms with E-state index >= 15 is 0 Å². The Morgan fingerprint density at radius 1 is 1.05 bits per heavy atom. The van der Waals surface area contributed by atoms with Crippen molar-refractivity contribution in [2.45, 2.75) is 25.3 Å². The summed E-state index contributed by atoms with van der Waals surface area (Å²) in [5.41, 5.74) is 1.99. The fourth-order valence-electron chi connectivity index (χ4n) is 2.27. The second kappa shape index (κ2) is 8.29. The van der Waals surface area contributed by atoms with Crippen molar-refractivity contribution in [3.05, 3.63) is 71.5 Å². The van der Waals surface area contributed by atoms with Gasteiger partial charge in [-0.25, -0.2) is 4.39 Å². The number of rotatable bonds is 7. The summed E-state index contributed by atoms with van der Waals surface area (Å²) in [4.78, 5) is 11.9. The smallest absolute Gasteiger partial charge is 0.220 e. The zero-order valence-corrected chi connectivity index (χ0v) is 12.3. The van der Waals surface area contributed by atoms with Crippen molar-refractivity contribution in [1.29, 1.82) is 0 Å². The van der Waals surface area contributed by atoms with Gasteiger partial charge < -0.3 is 10.4 Å². The van der Waals surface area contributed by atoms with E-state index < -0.39 is 0 Å². The van der Waals surface area contributed by atoms with Gasteiger partial charge in [0, 0.05) is 6.42 Å². The van der Waals surface area contributed by atoms with Crippen LogP contribution < -0.4 is 5.32 Å². The lowest BCUT2D eigenvalue weighted by molar-refractivity contribution is -0.122. The molecule has 0 radical (unpaired) electrons. The predicted molar refractivity (Wildman–Crippen MR) is 83.9 cm³/mol. The zero-order chi connectivity index (χ0) is 15.8. The van der Waals surface area contributed by atoms with Crippen LogP contribution in [0.3, 0.4) is 0 Å². The van der Waals surface area contributed by atoms with Gasteiger partial charge in [0.1, 0.15) is 5.82 Å². The minimum Gasteiger partial charge on any atom is -0.394 e. The number of aliphatic hydroxyl groups excluding tert-OH is 1. The molecule has 0 aliphatic rings. The maximum absolute atomic E-state index is 12.8. The highest BCUT2D eigenvalue weighted by Crippen LogP contribution is 2.06. The molecule has 3 nitrogen and oxygen atoms in total. The first kappa shape index (κ1) is 16.2. The number of hydrogen-bond acceptors (Lipinski definition) is 2. The molecule has 0 heterocycles. The molecule has 4 heteroatoms. The zero-order valence-electron chi connectivity index (χ0n) is 12.3. The molecule has 0 aliphatic heterocycles. The summed E-state index contributed by atoms with van der Waals surface area (Å²) in [6.45, 7) is -0.100.